The van der Waals surface area contributed by atoms with E-state index < -0.39 is 92.2 Å². The quantitative estimate of drug-likeness (QED) is 0.0114. The second-order valence-electron chi connectivity index (χ2n) is 30.7. The summed E-state index contributed by atoms with van der Waals surface area (Å²) in [5.41, 5.74) is -7.95. The number of aliphatic hydroxyl groups excluding tert-OH is 1. The molecule has 1 N–H and O–H groups in total. The lowest BCUT2D eigenvalue weighted by atomic mass is 9.70. The molecule has 4 heterocycles. The molecule has 0 spiro atoms. The van der Waals surface area contributed by atoms with Gasteiger partial charge in [0, 0.05) is 83.6 Å². The first-order valence-corrected chi connectivity index (χ1v) is 48.6. The highest BCUT2D eigenvalue weighted by atomic mass is 32.3. The molecule has 666 valence electrons. The number of esters is 2. The summed E-state index contributed by atoms with van der Waals surface area (Å²) < 4.78 is 182. The number of rotatable bonds is 29. The summed E-state index contributed by atoms with van der Waals surface area (Å²) in [6, 6.07) is 63.6. The number of hydrogen-bond donors (Lipinski definition) is 1. The minimum absolute atomic E-state index is 0. The number of morpholine rings is 1. The minimum Gasteiger partial charge on any atom is -0.748 e. The molecule has 23 nitrogen and oxygen atoms in total. The molecule has 0 radical (unpaired) electrons. The molecule has 4 aliphatic heterocycles. The van der Waals surface area contributed by atoms with E-state index in [1.807, 2.05) is 34.6 Å². The maximum Gasteiger partial charge on any atom is 0.480 e. The van der Waals surface area contributed by atoms with Gasteiger partial charge in [-0.2, -0.15) is 26.3 Å². The molecule has 3 unspecified atom stereocenters. The zero-order valence-corrected chi connectivity index (χ0v) is 73.3. The van der Waals surface area contributed by atoms with Crippen molar-refractivity contribution in [1.82, 2.24) is 19.0 Å². The number of hydrogen-bond acceptors (Lipinski definition) is 20. The Kier molecular flexibility index (Phi) is 40.6. The van der Waals surface area contributed by atoms with Crippen LogP contribution in [0.4, 0.5) is 26.7 Å². The number of alkyl halides is 5. The normalized spacial score (nSPS) is 19.2. The number of halogens is 5. The van der Waals surface area contributed by atoms with Crippen molar-refractivity contribution < 1.29 is 103 Å². The van der Waals surface area contributed by atoms with Crippen molar-refractivity contribution in [2.24, 2.45) is 16.7 Å². The van der Waals surface area contributed by atoms with Gasteiger partial charge in [0.2, 0.25) is 0 Å². The van der Waals surface area contributed by atoms with E-state index in [2.05, 4.69) is 194 Å². The SMILES string of the molecule is C.CC1(C)C2CCC1(CS(=O)(=O)[O-])C(=O)C2.CCC(C)(C)OC(=O)N1CCC(O)CC1.CCCCCCCCCCCC(=O)OCCN1CCOCC1.O=C1OCCC1N1CCN(S(=O)(=O)C(F)(F)S(=O)(=O)[N-]S(=O)(=O)C(F)(F)F)CC1.c1ccc([S+](c2ccccc2)c2ccccc2)cc1.c1ccc([S+](c2ccccc2)c2ccccc2)cc1. The van der Waals surface area contributed by atoms with Crippen LogP contribution in [-0.4, -0.2) is 205 Å². The number of cyclic esters (lactones) is 1. The van der Waals surface area contributed by atoms with Crippen LogP contribution < -0.4 is 0 Å². The van der Waals surface area contributed by atoms with Gasteiger partial charge in [0.05, 0.1) is 63.6 Å². The van der Waals surface area contributed by atoms with Gasteiger partial charge >= 0.3 is 28.1 Å². The Morgan fingerprint density at radius 2 is 0.992 bits per heavy atom. The fraction of sp³-hybridized carbons (Fsp3) is 0.535. The van der Waals surface area contributed by atoms with Crippen LogP contribution in [0.15, 0.2) is 211 Å². The highest BCUT2D eigenvalue weighted by Gasteiger charge is 2.65. The Hall–Kier alpha value is -6.93. The van der Waals surface area contributed by atoms with E-state index in [1.165, 1.54) is 79.2 Å². The van der Waals surface area contributed by atoms with Crippen LogP contribution >= 0.6 is 0 Å². The van der Waals surface area contributed by atoms with Gasteiger partial charge in [0.25, 0.3) is 10.0 Å². The van der Waals surface area contributed by atoms with Gasteiger partial charge in [-0.3, -0.25) is 24.2 Å². The number of carbonyl (C=O) groups excluding carboxylic acids is 4. The van der Waals surface area contributed by atoms with Crippen LogP contribution in [-0.2, 0) is 95.3 Å². The zero-order chi connectivity index (χ0) is 87.1. The standard InChI is InChI=1S/C18H35NO3.2C18H15S.C11H21NO3.C10H13F5N3O8S3.C10H16O4S.CH4/c1-2-3-4-5-6-7-8-9-10-11-18(20)22-17-14-19-12-15-21-16-13-19;2*1-4-10-16(11-5-1)19(17-12-6-2-7-13-17)18-14-8-3-9-15-18;1-4-11(2,3)15-10(14)12-7-5-9(13)6-8-12;11-9(12,13)27(20,21)16-28(22,23)10(14,15)29(24,25)18-4-2-17(3-5-18)7-1-6-26-8(7)19;1-9(2)7-3-4-10(9,8(11)5-7)6-15(12,13)14;/h2-17H2,1H3;2*1-15H;9,13H,4-8H2,1-3H3;7H,1-6H2;7H,3-6H2,1-2H3,(H,12,13,14);1H4/q;2*+1;;-1;;/p-1. The number of Topliss-reactive ketones (excluding diaryl/α,β-unsaturated/α-hetero) is 1. The van der Waals surface area contributed by atoms with Gasteiger partial charge in [0.1, 0.15) is 24.0 Å². The average Bonchev–Trinajstić information content (AvgIpc) is 1.53. The molecule has 12 rings (SSSR count). The smallest absolute Gasteiger partial charge is 0.480 e. The van der Waals surface area contributed by atoms with E-state index >= 15 is 0 Å². The minimum atomic E-state index is -6.98. The number of ether oxygens (including phenoxy) is 4. The molecule has 6 aromatic carbocycles. The molecule has 2 aliphatic carbocycles. The predicted molar refractivity (Wildman–Crippen MR) is 454 cm³/mol. The lowest BCUT2D eigenvalue weighted by molar-refractivity contribution is -0.144. The summed E-state index contributed by atoms with van der Waals surface area (Å²) in [4.78, 5) is 60.2. The molecular formula is C86H118F5N5O18S6. The largest absolute Gasteiger partial charge is 0.748 e. The Labute approximate surface area is 712 Å². The number of amides is 1. The number of piperidine rings is 1. The summed E-state index contributed by atoms with van der Waals surface area (Å²) >= 11 is 0. The maximum atomic E-state index is 14.1. The molecule has 6 fully saturated rings. The van der Waals surface area contributed by atoms with Gasteiger partial charge in [-0.25, -0.2) is 38.5 Å². The number of unbranched alkanes of at least 4 members (excludes halogenated alkanes) is 8. The average molecular weight is 1800 g/mol. The first-order valence-electron chi connectivity index (χ1n) is 40.3. The zero-order valence-electron chi connectivity index (χ0n) is 68.4. The highest BCUT2D eigenvalue weighted by Crippen LogP contribution is 2.64. The van der Waals surface area contributed by atoms with Crippen molar-refractivity contribution in [2.45, 2.75) is 215 Å². The van der Waals surface area contributed by atoms with Crippen molar-refractivity contribution in [3.8, 4) is 0 Å². The van der Waals surface area contributed by atoms with Crippen LogP contribution in [0.3, 0.4) is 0 Å². The molecule has 6 aromatic rings. The summed E-state index contributed by atoms with van der Waals surface area (Å²) in [6.07, 6.45) is 15.8. The van der Waals surface area contributed by atoms with Gasteiger partial charge in [-0.05, 0) is 137 Å². The second kappa shape index (κ2) is 47.8. The Balaban J connectivity index is 0.000000226. The van der Waals surface area contributed by atoms with E-state index in [1.54, 1.807) is 4.90 Å². The number of benzene rings is 6. The number of piperazine rings is 1. The first kappa shape index (κ1) is 102. The van der Waals surface area contributed by atoms with E-state index in [-0.39, 0.29) is 94.9 Å². The molecule has 1 amide bonds. The molecule has 120 heavy (non-hydrogen) atoms. The molecular weight excluding hydrogens is 1680 g/mol. The predicted octanol–water partition coefficient (Wildman–Crippen LogP) is 16.0. The molecule has 3 atom stereocenters. The number of carbonyl (C=O) groups is 4. The van der Waals surface area contributed by atoms with E-state index in [0.29, 0.717) is 51.8 Å². The van der Waals surface area contributed by atoms with Crippen molar-refractivity contribution in [3.63, 3.8) is 0 Å². The summed E-state index contributed by atoms with van der Waals surface area (Å²) in [6.45, 7) is 16.0. The van der Waals surface area contributed by atoms with Gasteiger partial charge in [-0.1, -0.05) is 196 Å². The Bertz CT molecular complexity index is 4260. The molecule has 6 aliphatic rings. The lowest BCUT2D eigenvalue weighted by Crippen LogP contribution is -2.57. The van der Waals surface area contributed by atoms with Crippen LogP contribution in [0.25, 0.3) is 4.13 Å². The fourth-order valence-electron chi connectivity index (χ4n) is 14.3. The number of nitrogens with zero attached hydrogens (tertiary/aromatic N) is 5. The third-order valence-corrected chi connectivity index (χ3v) is 32.7. The van der Waals surface area contributed by atoms with Crippen molar-refractivity contribution in [3.05, 3.63) is 186 Å². The third kappa shape index (κ3) is 29.9. The molecule has 4 saturated heterocycles. The number of fused-ring (bicyclic) bond motifs is 2. The number of sulfonamides is 3. The Morgan fingerprint density at radius 1 is 0.575 bits per heavy atom. The lowest BCUT2D eigenvalue weighted by Gasteiger charge is -2.37. The van der Waals surface area contributed by atoms with Crippen molar-refractivity contribution >= 4 is 85.8 Å². The first-order chi connectivity index (χ1) is 56.3. The van der Waals surface area contributed by atoms with Gasteiger partial charge in [-0.15, -0.1) is 0 Å². The third-order valence-electron chi connectivity index (χ3n) is 21.7. The summed E-state index contributed by atoms with van der Waals surface area (Å²) in [5, 5.41) is 9.31. The fourth-order valence-corrected chi connectivity index (χ4v) is 24.1. The molecule has 0 aromatic heterocycles. The van der Waals surface area contributed by atoms with Crippen LogP contribution in [0.2, 0.25) is 0 Å². The van der Waals surface area contributed by atoms with Crippen molar-refractivity contribution in [1.29, 1.82) is 0 Å². The van der Waals surface area contributed by atoms with Crippen LogP contribution in [0.1, 0.15) is 158 Å². The van der Waals surface area contributed by atoms with Crippen LogP contribution in [0.5, 0.6) is 0 Å². The number of likely N-dealkylation sites (tertiary alicyclic amines) is 1. The number of aliphatic hydroxyl groups is 1. The molecule has 2 bridgehead atoms. The maximum absolute atomic E-state index is 14.1. The second-order valence-corrected chi connectivity index (χ2v) is 41.8. The monoisotopic (exact) mass is 1800 g/mol. The van der Waals surface area contributed by atoms with Gasteiger partial charge in [0.15, 0.2) is 49.4 Å². The van der Waals surface area contributed by atoms with E-state index in [0.717, 1.165) is 62.7 Å². The van der Waals surface area contributed by atoms with Gasteiger partial charge < -0.3 is 37.6 Å². The molecule has 34 heteroatoms. The summed E-state index contributed by atoms with van der Waals surface area (Å²) in [7, 11) is -24.4. The topological polar surface area (TPSA) is 312 Å². The van der Waals surface area contributed by atoms with E-state index in [4.69, 9.17) is 18.9 Å². The van der Waals surface area contributed by atoms with Crippen molar-refractivity contribution in [2.75, 3.05) is 91.1 Å². The number of ketones is 1. The molecule has 2 saturated carbocycles. The summed E-state index contributed by atoms with van der Waals surface area (Å²) in [5.74, 6) is -0.918. The highest BCUT2D eigenvalue weighted by molar-refractivity contribution is 8.18. The van der Waals surface area contributed by atoms with Crippen LogP contribution in [0, 0.1) is 16.7 Å². The Morgan fingerprint density at radius 3 is 1.35 bits per heavy atom. The van der Waals surface area contributed by atoms with E-state index in [9.17, 15) is 84.5 Å².